The Hall–Kier alpha value is -1.82. The number of sulfonamides is 1. The van der Waals surface area contributed by atoms with Crippen LogP contribution < -0.4 is 5.32 Å². The van der Waals surface area contributed by atoms with Crippen LogP contribution >= 0.6 is 0 Å². The van der Waals surface area contributed by atoms with E-state index in [1.165, 1.54) is 6.26 Å². The van der Waals surface area contributed by atoms with Crippen LogP contribution in [0.5, 0.6) is 0 Å². The summed E-state index contributed by atoms with van der Waals surface area (Å²) in [5, 5.41) is 2.82. The minimum atomic E-state index is -3.23. The van der Waals surface area contributed by atoms with Crippen molar-refractivity contribution in [1.82, 2.24) is 14.5 Å². The molecule has 11 heteroatoms. The molecule has 1 aromatic rings. The number of halogens is 2. The first kappa shape index (κ1) is 26.2. The molecular weight excluding hydrogens is 480 g/mol. The van der Waals surface area contributed by atoms with Gasteiger partial charge in [0.25, 0.3) is 0 Å². The standard InChI is InChI=1S/C24H35F2N3O5S/c1-23(2,3)34-22(30)27-20-12-17(13-33-21(20)18-11-16(25)5-6-19(18)26)28-9-7-24(14-28)8-10-29(15-24)35(4,31)32/h5-6,11,17,20-21H,7-10,12-15H2,1-4H3,(H,27,30)/t17-,20+,21-,24?/m1/s1. The number of nitrogens with zero attached hydrogens (tertiary/aromatic N) is 2. The summed E-state index contributed by atoms with van der Waals surface area (Å²) in [5.41, 5.74) is -0.752. The molecule has 3 fully saturated rings. The van der Waals surface area contributed by atoms with E-state index in [2.05, 4.69) is 10.2 Å². The Bertz CT molecular complexity index is 1060. The van der Waals surface area contributed by atoms with Gasteiger partial charge in [-0.3, -0.25) is 4.90 Å². The Balaban J connectivity index is 1.50. The number of hydrogen-bond donors (Lipinski definition) is 1. The number of rotatable bonds is 4. The van der Waals surface area contributed by atoms with Crippen LogP contribution in [0.2, 0.25) is 0 Å². The van der Waals surface area contributed by atoms with E-state index in [9.17, 15) is 22.0 Å². The highest BCUT2D eigenvalue weighted by Crippen LogP contribution is 2.42. The predicted molar refractivity (Wildman–Crippen MR) is 126 cm³/mol. The third-order valence-electron chi connectivity index (χ3n) is 7.18. The zero-order chi connectivity index (χ0) is 25.6. The van der Waals surface area contributed by atoms with Crippen LogP contribution in [0, 0.1) is 17.0 Å². The molecule has 0 aromatic heterocycles. The van der Waals surface area contributed by atoms with Gasteiger partial charge < -0.3 is 14.8 Å². The number of ether oxygens (including phenoxy) is 2. The van der Waals surface area contributed by atoms with Gasteiger partial charge in [0.15, 0.2) is 0 Å². The molecule has 3 heterocycles. The predicted octanol–water partition coefficient (Wildman–Crippen LogP) is 3.05. The van der Waals surface area contributed by atoms with Crippen molar-refractivity contribution in [3.8, 4) is 0 Å². The fraction of sp³-hybridized carbons (Fsp3) is 0.708. The van der Waals surface area contributed by atoms with E-state index in [1.54, 1.807) is 25.1 Å². The van der Waals surface area contributed by atoms with Crippen molar-refractivity contribution in [2.45, 2.75) is 63.8 Å². The average Bonchev–Trinajstić information content (AvgIpc) is 3.35. The normalized spacial score (nSPS) is 30.6. The monoisotopic (exact) mass is 515 g/mol. The van der Waals surface area contributed by atoms with Crippen molar-refractivity contribution in [2.24, 2.45) is 5.41 Å². The second-order valence-corrected chi connectivity index (χ2v) is 13.1. The van der Waals surface area contributed by atoms with Crippen LogP contribution in [0.4, 0.5) is 13.6 Å². The SMILES string of the molecule is CC(C)(C)OC(=O)N[C@H]1C[C@@H](N2CCC3(CCN(S(C)(=O)=O)C3)C2)CO[C@@H]1c1cc(F)ccc1F. The Kier molecular flexibility index (Phi) is 7.18. The van der Waals surface area contributed by atoms with Crippen LogP contribution in [-0.4, -0.2) is 80.4 Å². The molecule has 0 bridgehead atoms. The molecule has 3 aliphatic rings. The highest BCUT2D eigenvalue weighted by atomic mass is 32.2. The summed E-state index contributed by atoms with van der Waals surface area (Å²) in [4.78, 5) is 14.9. The fourth-order valence-electron chi connectivity index (χ4n) is 5.49. The van der Waals surface area contributed by atoms with Crippen molar-refractivity contribution >= 4 is 16.1 Å². The summed E-state index contributed by atoms with van der Waals surface area (Å²) >= 11 is 0. The quantitative estimate of drug-likeness (QED) is 0.663. The molecule has 35 heavy (non-hydrogen) atoms. The average molecular weight is 516 g/mol. The smallest absolute Gasteiger partial charge is 0.407 e. The number of carbonyl (C=O) groups excluding carboxylic acids is 1. The Morgan fingerprint density at radius 3 is 2.57 bits per heavy atom. The molecule has 1 N–H and O–H groups in total. The molecule has 4 rings (SSSR count). The first-order valence-corrected chi connectivity index (χ1v) is 13.8. The van der Waals surface area contributed by atoms with Crippen LogP contribution in [0.3, 0.4) is 0 Å². The molecule has 4 atom stereocenters. The second-order valence-electron chi connectivity index (χ2n) is 11.1. The number of amides is 1. The van der Waals surface area contributed by atoms with E-state index >= 15 is 0 Å². The van der Waals surface area contributed by atoms with Crippen molar-refractivity contribution in [3.05, 3.63) is 35.4 Å². The van der Waals surface area contributed by atoms with E-state index in [1.807, 2.05) is 0 Å². The molecule has 1 unspecified atom stereocenters. The zero-order valence-electron chi connectivity index (χ0n) is 20.7. The zero-order valence-corrected chi connectivity index (χ0v) is 21.5. The molecule has 1 amide bonds. The van der Waals surface area contributed by atoms with Crippen LogP contribution in [0.25, 0.3) is 0 Å². The number of benzene rings is 1. The number of alkyl carbamates (subject to hydrolysis) is 1. The van der Waals surface area contributed by atoms with Gasteiger partial charge in [0.1, 0.15) is 23.3 Å². The Labute approximate surface area is 206 Å². The number of hydrogen-bond acceptors (Lipinski definition) is 6. The largest absolute Gasteiger partial charge is 0.444 e. The van der Waals surface area contributed by atoms with Gasteiger partial charge in [-0.15, -0.1) is 0 Å². The lowest BCUT2D eigenvalue weighted by atomic mass is 9.86. The molecule has 8 nitrogen and oxygen atoms in total. The first-order valence-electron chi connectivity index (χ1n) is 12.0. The summed E-state index contributed by atoms with van der Waals surface area (Å²) in [6.45, 7) is 8.09. The van der Waals surface area contributed by atoms with Gasteiger partial charge in [-0.1, -0.05) is 0 Å². The molecule has 196 valence electrons. The van der Waals surface area contributed by atoms with Gasteiger partial charge in [-0.25, -0.2) is 26.3 Å². The van der Waals surface area contributed by atoms with E-state index in [-0.39, 0.29) is 17.0 Å². The molecule has 0 aliphatic carbocycles. The maximum Gasteiger partial charge on any atom is 0.407 e. The van der Waals surface area contributed by atoms with Crippen molar-refractivity contribution in [1.29, 1.82) is 0 Å². The van der Waals surface area contributed by atoms with E-state index < -0.39 is 45.5 Å². The lowest BCUT2D eigenvalue weighted by molar-refractivity contribution is -0.0588. The van der Waals surface area contributed by atoms with E-state index in [0.29, 0.717) is 26.1 Å². The summed E-state index contributed by atoms with van der Waals surface area (Å²) in [7, 11) is -3.23. The van der Waals surface area contributed by atoms with Crippen LogP contribution in [0.1, 0.15) is 51.7 Å². The van der Waals surface area contributed by atoms with Gasteiger partial charge in [-0.05, 0) is 70.2 Å². The first-order chi connectivity index (χ1) is 16.2. The van der Waals surface area contributed by atoms with Gasteiger partial charge in [0.05, 0.1) is 18.9 Å². The lowest BCUT2D eigenvalue weighted by Crippen LogP contribution is -2.52. The molecule has 3 aliphatic heterocycles. The molecule has 3 saturated heterocycles. The van der Waals surface area contributed by atoms with Crippen molar-refractivity contribution in [3.63, 3.8) is 0 Å². The van der Waals surface area contributed by atoms with Crippen molar-refractivity contribution < 1.29 is 31.5 Å². The van der Waals surface area contributed by atoms with E-state index in [4.69, 9.17) is 9.47 Å². The minimum Gasteiger partial charge on any atom is -0.444 e. The fourth-order valence-corrected chi connectivity index (χ4v) is 6.43. The number of likely N-dealkylation sites (tertiary alicyclic amines) is 1. The number of nitrogens with one attached hydrogen (secondary N) is 1. The van der Waals surface area contributed by atoms with Gasteiger partial charge in [0.2, 0.25) is 10.0 Å². The van der Waals surface area contributed by atoms with Crippen LogP contribution in [-0.2, 0) is 19.5 Å². The van der Waals surface area contributed by atoms with Gasteiger partial charge in [0, 0.05) is 31.2 Å². The van der Waals surface area contributed by atoms with Gasteiger partial charge in [-0.2, -0.15) is 0 Å². The molecule has 0 radical (unpaired) electrons. The maximum absolute atomic E-state index is 14.6. The maximum atomic E-state index is 14.6. The summed E-state index contributed by atoms with van der Waals surface area (Å²) < 4.78 is 65.6. The highest BCUT2D eigenvalue weighted by molar-refractivity contribution is 7.88. The summed E-state index contributed by atoms with van der Waals surface area (Å²) in [5.74, 6) is -1.18. The van der Waals surface area contributed by atoms with E-state index in [0.717, 1.165) is 44.1 Å². The molecular formula is C24H35F2N3O5S. The summed E-state index contributed by atoms with van der Waals surface area (Å²) in [6.07, 6.45) is 1.88. The topological polar surface area (TPSA) is 88.2 Å². The summed E-state index contributed by atoms with van der Waals surface area (Å²) in [6, 6.07) is 2.52. The Morgan fingerprint density at radius 2 is 1.91 bits per heavy atom. The molecule has 1 spiro atoms. The third-order valence-corrected chi connectivity index (χ3v) is 8.43. The highest BCUT2D eigenvalue weighted by Gasteiger charge is 2.48. The molecule has 1 aromatic carbocycles. The second kappa shape index (κ2) is 9.57. The molecule has 0 saturated carbocycles. The number of carbonyl (C=O) groups is 1. The lowest BCUT2D eigenvalue weighted by Gasteiger charge is -2.41. The van der Waals surface area contributed by atoms with Gasteiger partial charge >= 0.3 is 6.09 Å². The minimum absolute atomic E-state index is 0.0574. The van der Waals surface area contributed by atoms with Crippen molar-refractivity contribution in [2.75, 3.05) is 39.0 Å². The third kappa shape index (κ3) is 6.12. The Morgan fingerprint density at radius 1 is 1.20 bits per heavy atom. The van der Waals surface area contributed by atoms with Crippen LogP contribution in [0.15, 0.2) is 18.2 Å².